The van der Waals surface area contributed by atoms with Gasteiger partial charge in [-0.3, -0.25) is 4.57 Å². The van der Waals surface area contributed by atoms with Crippen molar-refractivity contribution < 1.29 is 57.7 Å². The highest BCUT2D eigenvalue weighted by atomic mass is 31.3. The molecule has 14 heteroatoms. The molecular formula is C6H13FO11P2. The summed E-state index contributed by atoms with van der Waals surface area (Å²) in [6.45, 7) is -1.61. The van der Waals surface area contributed by atoms with E-state index in [4.69, 9.17) is 20.0 Å². The van der Waals surface area contributed by atoms with Gasteiger partial charge in [-0.1, -0.05) is 0 Å². The lowest BCUT2D eigenvalue weighted by Gasteiger charge is -2.46. The standard InChI is InChI=1S/C6H13FO11P2/c7-2-3(9)4(10)6(1-8,17-5(2)11)19(12,13)18-20(14,15)16/h2-5,8-11H,1H2,(H,12,13)(H2,14,15,16)/t2-,3+,4-,5-,6-/m0/s1. The van der Waals surface area contributed by atoms with Crippen molar-refractivity contribution in [3.05, 3.63) is 0 Å². The van der Waals surface area contributed by atoms with E-state index in [1.165, 1.54) is 0 Å². The van der Waals surface area contributed by atoms with Gasteiger partial charge < -0.3 is 39.8 Å². The van der Waals surface area contributed by atoms with Crippen LogP contribution in [0, 0.1) is 0 Å². The van der Waals surface area contributed by atoms with Crippen molar-refractivity contribution in [2.75, 3.05) is 6.61 Å². The van der Waals surface area contributed by atoms with Crippen molar-refractivity contribution in [1.82, 2.24) is 0 Å². The highest BCUT2D eigenvalue weighted by Crippen LogP contribution is 2.67. The molecule has 1 heterocycles. The van der Waals surface area contributed by atoms with Crippen LogP contribution in [0.4, 0.5) is 4.39 Å². The van der Waals surface area contributed by atoms with Gasteiger partial charge in [0.05, 0.1) is 6.61 Å². The maximum atomic E-state index is 13.2. The highest BCUT2D eigenvalue weighted by molar-refractivity contribution is 7.64. The van der Waals surface area contributed by atoms with E-state index in [0.717, 1.165) is 0 Å². The maximum Gasteiger partial charge on any atom is 0.476 e. The quantitative estimate of drug-likeness (QED) is 0.264. The molecule has 6 atom stereocenters. The molecule has 1 unspecified atom stereocenters. The Morgan fingerprint density at radius 3 is 2.10 bits per heavy atom. The zero-order chi connectivity index (χ0) is 15.9. The summed E-state index contributed by atoms with van der Waals surface area (Å²) in [5, 5.41) is 33.8. The van der Waals surface area contributed by atoms with Crippen LogP contribution in [0.3, 0.4) is 0 Å². The van der Waals surface area contributed by atoms with Gasteiger partial charge >= 0.3 is 15.4 Å². The van der Waals surface area contributed by atoms with Gasteiger partial charge in [0.25, 0.3) is 0 Å². The Balaban J connectivity index is 3.26. The number of alkyl halides is 1. The number of hydrogen-bond acceptors (Lipinski definition) is 8. The fourth-order valence-electron chi connectivity index (χ4n) is 1.62. The van der Waals surface area contributed by atoms with Crippen LogP contribution < -0.4 is 0 Å². The molecular weight excluding hydrogens is 329 g/mol. The van der Waals surface area contributed by atoms with E-state index >= 15 is 0 Å². The number of phosphoric acid groups is 1. The molecule has 0 aromatic rings. The molecule has 1 aliphatic rings. The van der Waals surface area contributed by atoms with Crippen molar-refractivity contribution in [3.8, 4) is 0 Å². The van der Waals surface area contributed by atoms with Gasteiger partial charge in [0.1, 0.15) is 12.2 Å². The SMILES string of the molecule is O=P(O)(O)OP(=O)(O)[C@]1(CO)O[C@H](O)[C@@H](F)[C@@H](O)[C@@H]1O. The molecule has 7 N–H and O–H groups in total. The monoisotopic (exact) mass is 342 g/mol. The summed E-state index contributed by atoms with van der Waals surface area (Å²) in [6.07, 6.45) is -10.2. The average Bonchev–Trinajstić information content (AvgIpc) is 2.28. The van der Waals surface area contributed by atoms with Crippen molar-refractivity contribution in [1.29, 1.82) is 0 Å². The Morgan fingerprint density at radius 1 is 1.20 bits per heavy atom. The molecule has 20 heavy (non-hydrogen) atoms. The second kappa shape index (κ2) is 5.67. The molecule has 0 aliphatic carbocycles. The first-order valence-electron chi connectivity index (χ1n) is 4.95. The number of rotatable bonds is 4. The second-order valence-corrected chi connectivity index (χ2v) is 7.42. The number of ether oxygens (including phenoxy) is 1. The molecule has 1 aliphatic heterocycles. The van der Waals surface area contributed by atoms with Gasteiger partial charge in [0.15, 0.2) is 12.5 Å². The molecule has 120 valence electrons. The first-order chi connectivity index (χ1) is 8.88. The topological polar surface area (TPSA) is 194 Å². The van der Waals surface area contributed by atoms with Crippen molar-refractivity contribution in [2.24, 2.45) is 0 Å². The molecule has 1 fully saturated rings. The Hall–Kier alpha value is 0.0300. The highest BCUT2D eigenvalue weighted by Gasteiger charge is 2.65. The van der Waals surface area contributed by atoms with E-state index in [2.05, 4.69) is 9.05 Å². The van der Waals surface area contributed by atoms with Crippen LogP contribution >= 0.6 is 15.4 Å². The lowest BCUT2D eigenvalue weighted by Crippen LogP contribution is -2.64. The van der Waals surface area contributed by atoms with Gasteiger partial charge in [0, 0.05) is 0 Å². The molecule has 0 bridgehead atoms. The van der Waals surface area contributed by atoms with Crippen LogP contribution in [0.5, 0.6) is 0 Å². The van der Waals surface area contributed by atoms with Crippen LogP contribution in [0.2, 0.25) is 0 Å². The summed E-state index contributed by atoms with van der Waals surface area (Å²) in [4.78, 5) is 26.5. The number of hydrogen-bond donors (Lipinski definition) is 7. The Morgan fingerprint density at radius 2 is 1.70 bits per heavy atom. The maximum absolute atomic E-state index is 13.2. The fraction of sp³-hybridized carbons (Fsp3) is 1.00. The van der Waals surface area contributed by atoms with E-state index < -0.39 is 52.0 Å². The Labute approximate surface area is 111 Å². The first kappa shape index (κ1) is 18.1. The Bertz CT molecular complexity index is 452. The lowest BCUT2D eigenvalue weighted by atomic mass is 10.00. The molecule has 1 saturated heterocycles. The van der Waals surface area contributed by atoms with E-state index in [9.17, 15) is 28.6 Å². The summed E-state index contributed by atoms with van der Waals surface area (Å²) in [6, 6.07) is 0. The van der Waals surface area contributed by atoms with Crippen LogP contribution in [0.15, 0.2) is 0 Å². The van der Waals surface area contributed by atoms with Crippen LogP contribution in [0.25, 0.3) is 0 Å². The summed E-state index contributed by atoms with van der Waals surface area (Å²) in [5.41, 5.74) is 0. The van der Waals surface area contributed by atoms with Gasteiger partial charge in [0.2, 0.25) is 5.34 Å². The van der Waals surface area contributed by atoms with Crippen LogP contribution in [-0.2, 0) is 18.2 Å². The molecule has 0 aromatic heterocycles. The third kappa shape index (κ3) is 3.11. The van der Waals surface area contributed by atoms with E-state index in [-0.39, 0.29) is 0 Å². The lowest BCUT2D eigenvalue weighted by molar-refractivity contribution is -0.291. The van der Waals surface area contributed by atoms with Crippen LogP contribution in [0.1, 0.15) is 0 Å². The second-order valence-electron chi connectivity index (χ2n) is 3.98. The number of aliphatic hydroxyl groups excluding tert-OH is 4. The molecule has 0 amide bonds. The summed E-state index contributed by atoms with van der Waals surface area (Å²) in [7, 11) is -11.2. The van der Waals surface area contributed by atoms with Gasteiger partial charge in [-0.25, -0.2) is 13.3 Å². The minimum atomic E-state index is -5.65. The van der Waals surface area contributed by atoms with E-state index in [1.54, 1.807) is 0 Å². The van der Waals surface area contributed by atoms with Gasteiger partial charge in [-0.2, -0.15) is 0 Å². The Kier molecular flexibility index (Phi) is 5.13. The summed E-state index contributed by atoms with van der Waals surface area (Å²) < 4.78 is 43.4. The number of halogens is 1. The van der Waals surface area contributed by atoms with Crippen molar-refractivity contribution in [3.63, 3.8) is 0 Å². The minimum Gasteiger partial charge on any atom is -0.393 e. The minimum absolute atomic E-state index is 1.61. The fourth-order valence-corrected chi connectivity index (χ4v) is 4.23. The summed E-state index contributed by atoms with van der Waals surface area (Å²) in [5.74, 6) is 0. The molecule has 0 aromatic carbocycles. The average molecular weight is 342 g/mol. The third-order valence-corrected chi connectivity index (χ3v) is 5.84. The molecule has 1 rings (SSSR count). The van der Waals surface area contributed by atoms with Crippen molar-refractivity contribution in [2.45, 2.75) is 30.0 Å². The smallest absolute Gasteiger partial charge is 0.393 e. The van der Waals surface area contributed by atoms with Gasteiger partial charge in [-0.05, 0) is 0 Å². The zero-order valence-electron chi connectivity index (χ0n) is 9.55. The normalized spacial score (nSPS) is 42.2. The van der Waals surface area contributed by atoms with Crippen molar-refractivity contribution >= 4 is 15.4 Å². The third-order valence-electron chi connectivity index (χ3n) is 2.63. The molecule has 0 spiro atoms. The molecule has 0 radical (unpaired) electrons. The van der Waals surface area contributed by atoms with Crippen LogP contribution in [-0.4, -0.2) is 71.7 Å². The predicted octanol–water partition coefficient (Wildman–Crippen LogP) is -2.62. The number of aliphatic hydroxyl groups is 4. The largest absolute Gasteiger partial charge is 0.476 e. The molecule has 0 saturated carbocycles. The first-order valence-corrected chi connectivity index (χ1v) is 8.05. The predicted molar refractivity (Wildman–Crippen MR) is 56.8 cm³/mol. The van der Waals surface area contributed by atoms with Gasteiger partial charge in [-0.15, -0.1) is 0 Å². The summed E-state index contributed by atoms with van der Waals surface area (Å²) >= 11 is 0. The zero-order valence-corrected chi connectivity index (χ0v) is 11.3. The molecule has 11 nitrogen and oxygen atoms in total. The van der Waals surface area contributed by atoms with E-state index in [0.29, 0.717) is 0 Å². The van der Waals surface area contributed by atoms with E-state index in [1.807, 2.05) is 0 Å².